The molecule has 0 bridgehead atoms. The molecular weight excluding hydrogens is 182 g/mol. The van der Waals surface area contributed by atoms with Crippen LogP contribution in [0.2, 0.25) is 0 Å². The largest absolute Gasteiger partial charge is 0.484 e. The quantitative estimate of drug-likeness (QED) is 0.550. The Balaban J connectivity index is 3.09. The van der Waals surface area contributed by atoms with Gasteiger partial charge in [-0.1, -0.05) is 6.07 Å². The summed E-state index contributed by atoms with van der Waals surface area (Å²) in [7, 11) is 0. The van der Waals surface area contributed by atoms with E-state index in [9.17, 15) is 10.1 Å². The van der Waals surface area contributed by atoms with Crippen molar-refractivity contribution in [3.05, 3.63) is 33.9 Å². The third kappa shape index (κ3) is 2.45. The van der Waals surface area contributed by atoms with Gasteiger partial charge in [0.15, 0.2) is 5.75 Å². The smallest absolute Gasteiger partial charge is 0.310 e. The fourth-order valence-electron chi connectivity index (χ4n) is 1.12. The summed E-state index contributed by atoms with van der Waals surface area (Å²) in [5.41, 5.74) is 0.968. The molecule has 14 heavy (non-hydrogen) atoms. The summed E-state index contributed by atoms with van der Waals surface area (Å²) in [6, 6.07) is 4.84. The molecule has 0 radical (unpaired) electrons. The number of nitro benzene ring substituents is 1. The van der Waals surface area contributed by atoms with Gasteiger partial charge in [0.2, 0.25) is 0 Å². The van der Waals surface area contributed by atoms with Crippen LogP contribution in [0.25, 0.3) is 0 Å². The molecule has 0 saturated carbocycles. The molecule has 0 atom stereocenters. The minimum atomic E-state index is -0.433. The number of benzene rings is 1. The van der Waals surface area contributed by atoms with Crippen molar-refractivity contribution in [3.8, 4) is 5.75 Å². The fraction of sp³-hybridized carbons (Fsp3) is 0.400. The Labute approximate surface area is 82.7 Å². The average Bonchev–Trinajstić information content (AvgIpc) is 2.01. The average molecular weight is 195 g/mol. The van der Waals surface area contributed by atoms with Crippen LogP contribution in [0.3, 0.4) is 0 Å². The molecular formula is C10H13NO3. The third-order valence-electron chi connectivity index (χ3n) is 1.67. The summed E-state index contributed by atoms with van der Waals surface area (Å²) in [6.07, 6.45) is -0.0597. The molecule has 0 heterocycles. The van der Waals surface area contributed by atoms with E-state index < -0.39 is 4.92 Å². The first-order chi connectivity index (χ1) is 6.50. The van der Waals surface area contributed by atoms with Crippen LogP contribution in [-0.4, -0.2) is 11.0 Å². The highest BCUT2D eigenvalue weighted by Crippen LogP contribution is 2.28. The number of nitro groups is 1. The van der Waals surface area contributed by atoms with Crippen molar-refractivity contribution in [2.45, 2.75) is 26.9 Å². The lowest BCUT2D eigenvalue weighted by Crippen LogP contribution is -2.07. The predicted octanol–water partition coefficient (Wildman–Crippen LogP) is 2.69. The number of aryl methyl sites for hydroxylation is 1. The highest BCUT2D eigenvalue weighted by Gasteiger charge is 2.15. The zero-order chi connectivity index (χ0) is 10.7. The van der Waals surface area contributed by atoms with Crippen molar-refractivity contribution in [2.75, 3.05) is 0 Å². The van der Waals surface area contributed by atoms with Crippen LogP contribution in [0.15, 0.2) is 18.2 Å². The molecule has 0 saturated heterocycles. The van der Waals surface area contributed by atoms with Gasteiger partial charge in [-0.05, 0) is 32.4 Å². The molecule has 4 nitrogen and oxygen atoms in total. The maximum atomic E-state index is 10.6. The van der Waals surface area contributed by atoms with Gasteiger partial charge in [0, 0.05) is 6.07 Å². The number of rotatable bonds is 3. The van der Waals surface area contributed by atoms with Gasteiger partial charge in [-0.2, -0.15) is 0 Å². The van der Waals surface area contributed by atoms with Crippen molar-refractivity contribution in [3.63, 3.8) is 0 Å². The van der Waals surface area contributed by atoms with Crippen molar-refractivity contribution in [2.24, 2.45) is 0 Å². The molecule has 0 aliphatic rings. The third-order valence-corrected chi connectivity index (χ3v) is 1.67. The van der Waals surface area contributed by atoms with Crippen LogP contribution >= 0.6 is 0 Å². The lowest BCUT2D eigenvalue weighted by molar-refractivity contribution is -0.386. The van der Waals surface area contributed by atoms with E-state index in [1.165, 1.54) is 6.07 Å². The van der Waals surface area contributed by atoms with Crippen molar-refractivity contribution >= 4 is 5.69 Å². The van der Waals surface area contributed by atoms with E-state index >= 15 is 0 Å². The number of ether oxygens (including phenoxy) is 1. The van der Waals surface area contributed by atoms with Gasteiger partial charge >= 0.3 is 5.69 Å². The second kappa shape index (κ2) is 4.09. The highest BCUT2D eigenvalue weighted by atomic mass is 16.6. The molecule has 0 amide bonds. The second-order valence-electron chi connectivity index (χ2n) is 3.39. The first kappa shape index (κ1) is 10.5. The van der Waals surface area contributed by atoms with E-state index in [-0.39, 0.29) is 11.8 Å². The van der Waals surface area contributed by atoms with Crippen molar-refractivity contribution < 1.29 is 9.66 Å². The number of hydrogen-bond donors (Lipinski definition) is 0. The van der Waals surface area contributed by atoms with E-state index in [0.29, 0.717) is 5.75 Å². The van der Waals surface area contributed by atoms with E-state index in [1.54, 1.807) is 12.1 Å². The summed E-state index contributed by atoms with van der Waals surface area (Å²) in [5, 5.41) is 10.6. The Morgan fingerprint density at radius 2 is 2.07 bits per heavy atom. The lowest BCUT2D eigenvalue weighted by atomic mass is 10.2. The van der Waals surface area contributed by atoms with Gasteiger partial charge in [-0.15, -0.1) is 0 Å². The molecule has 0 unspecified atom stereocenters. The normalized spacial score (nSPS) is 10.3. The Bertz CT molecular complexity index is 347. The Morgan fingerprint density at radius 3 is 2.57 bits per heavy atom. The predicted molar refractivity (Wildman–Crippen MR) is 53.6 cm³/mol. The van der Waals surface area contributed by atoms with E-state index in [1.807, 2.05) is 20.8 Å². The number of hydrogen-bond acceptors (Lipinski definition) is 3. The fourth-order valence-corrected chi connectivity index (χ4v) is 1.12. The maximum absolute atomic E-state index is 10.6. The summed E-state index contributed by atoms with van der Waals surface area (Å²) in [6.45, 7) is 5.55. The molecule has 0 aromatic heterocycles. The topological polar surface area (TPSA) is 52.4 Å². The SMILES string of the molecule is Cc1ccc([N+](=O)[O-])c(OC(C)C)c1. The molecule has 1 aromatic rings. The molecule has 4 heteroatoms. The van der Waals surface area contributed by atoms with Crippen LogP contribution < -0.4 is 4.74 Å². The van der Waals surface area contributed by atoms with Gasteiger partial charge in [0.05, 0.1) is 11.0 Å². The first-order valence-corrected chi connectivity index (χ1v) is 4.42. The van der Waals surface area contributed by atoms with Crippen molar-refractivity contribution in [1.82, 2.24) is 0 Å². The standard InChI is InChI=1S/C10H13NO3/c1-7(2)14-10-6-8(3)4-5-9(10)11(12)13/h4-7H,1-3H3. The van der Waals surface area contributed by atoms with Gasteiger partial charge in [0.25, 0.3) is 0 Å². The van der Waals surface area contributed by atoms with Crippen LogP contribution in [-0.2, 0) is 0 Å². The van der Waals surface area contributed by atoms with E-state index in [0.717, 1.165) is 5.56 Å². The van der Waals surface area contributed by atoms with Gasteiger partial charge < -0.3 is 4.74 Å². The molecule has 0 aliphatic heterocycles. The molecule has 1 rings (SSSR count). The van der Waals surface area contributed by atoms with E-state index in [2.05, 4.69) is 0 Å². The summed E-state index contributed by atoms with van der Waals surface area (Å²) >= 11 is 0. The molecule has 76 valence electrons. The maximum Gasteiger partial charge on any atom is 0.310 e. The van der Waals surface area contributed by atoms with Crippen LogP contribution in [0, 0.1) is 17.0 Å². The zero-order valence-electron chi connectivity index (χ0n) is 8.48. The first-order valence-electron chi connectivity index (χ1n) is 4.42. The zero-order valence-corrected chi connectivity index (χ0v) is 8.48. The lowest BCUT2D eigenvalue weighted by Gasteiger charge is -2.10. The minimum absolute atomic E-state index is 0.0179. The minimum Gasteiger partial charge on any atom is -0.484 e. The summed E-state index contributed by atoms with van der Waals surface area (Å²) < 4.78 is 5.35. The second-order valence-corrected chi connectivity index (χ2v) is 3.39. The highest BCUT2D eigenvalue weighted by molar-refractivity contribution is 5.48. The molecule has 0 N–H and O–H groups in total. The number of nitrogens with zero attached hydrogens (tertiary/aromatic N) is 1. The Kier molecular flexibility index (Phi) is 3.06. The molecule has 0 aliphatic carbocycles. The van der Waals surface area contributed by atoms with E-state index in [4.69, 9.17) is 4.74 Å². The molecule has 0 fully saturated rings. The Morgan fingerprint density at radius 1 is 1.43 bits per heavy atom. The van der Waals surface area contributed by atoms with Gasteiger partial charge in [-0.25, -0.2) is 0 Å². The summed E-state index contributed by atoms with van der Waals surface area (Å²) in [5.74, 6) is 0.338. The van der Waals surface area contributed by atoms with Gasteiger partial charge in [0.1, 0.15) is 0 Å². The van der Waals surface area contributed by atoms with Crippen LogP contribution in [0.4, 0.5) is 5.69 Å². The monoisotopic (exact) mass is 195 g/mol. The molecule has 0 spiro atoms. The Hall–Kier alpha value is -1.58. The summed E-state index contributed by atoms with van der Waals surface area (Å²) in [4.78, 5) is 10.2. The van der Waals surface area contributed by atoms with Crippen LogP contribution in [0.1, 0.15) is 19.4 Å². The van der Waals surface area contributed by atoms with Crippen molar-refractivity contribution in [1.29, 1.82) is 0 Å². The van der Waals surface area contributed by atoms with Gasteiger partial charge in [-0.3, -0.25) is 10.1 Å². The van der Waals surface area contributed by atoms with Crippen LogP contribution in [0.5, 0.6) is 5.75 Å². The molecule has 1 aromatic carbocycles.